The van der Waals surface area contributed by atoms with Crippen LogP contribution in [-0.2, 0) is 122 Å². The molecule has 12 N–H and O–H groups in total. The van der Waals surface area contributed by atoms with E-state index in [0.29, 0.717) is 32.7 Å². The van der Waals surface area contributed by atoms with Crippen LogP contribution in [0.5, 0.6) is 23.0 Å². The summed E-state index contributed by atoms with van der Waals surface area (Å²) in [5.74, 6) is -0.635. The molecule has 137 heavy (non-hydrogen) atoms. The number of cyclic esters (lactones) is 1. The molecule has 5 fully saturated rings. The van der Waals surface area contributed by atoms with E-state index < -0.39 is 188 Å². The number of carbonyl (C=O) groups excluding carboxylic acids is 5. The van der Waals surface area contributed by atoms with Crippen molar-refractivity contribution in [3.8, 4) is 34.1 Å². The standard InChI is InChI=1S/C24H25NO10P2.C20H25NO11P2.C19H20N2O11P2.C19H23NO10P2/c1-16(2)32-23(26)33-21-19(18-9-4-3-5-10-18)11-6-12-20(21)22-34-36(28,29)24(27,37(30,31)35-22)14-17-8-7-13-25-15-17;1-13(2)30-19(22)29-12-28-17-9-14(3)6-7-16(17)18-31-33(24,25)20(23,34(26,27)32-18)10-15-5-4-8-21-11-15;1-12-4-5-15(30-18(23)21-7-8-29-17(21)22)14(9-12)16-31-33(25,26)19(24,34(27,28)32-16)10-13-3-2-6-20-11-13;1-12(2)27-18(21)28-16-7-6-13(3)9-15(16)17-29-31(23,24)19(22,32(25,26)30-17)10-14-5-4-8-20-11-14/h3-13,15-16,22,27H,14H2,1-2H3,(H,28,29)(H,30,31);4-9,11,13,18,23H,10,12H2,1-3H3,(H,24,25)(H,26,27);2-6,9,11,16,24H,7-8,10H2,1H3,(H,25,26)(H,27,28);4-9,11-12,17,22H,10H2,1-3H3,(H,23,24)(H,25,26). The summed E-state index contributed by atoms with van der Waals surface area (Å²) >= 11 is 0. The van der Waals surface area contributed by atoms with E-state index in [1.807, 2.05) is 0 Å². The van der Waals surface area contributed by atoms with Crippen LogP contribution in [0.2, 0.25) is 0 Å². The number of aryl methyl sites for hydroxylation is 3. The minimum absolute atomic E-state index is 0.0135. The van der Waals surface area contributed by atoms with Crippen LogP contribution < -0.4 is 18.9 Å². The number of ether oxygens (including phenoxy) is 9. The molecule has 0 aliphatic carbocycles. The predicted molar refractivity (Wildman–Crippen MR) is 472 cm³/mol. The van der Waals surface area contributed by atoms with Gasteiger partial charge in [0, 0.05) is 80.8 Å². The number of carbonyl (C=O) groups is 5. The summed E-state index contributed by atoms with van der Waals surface area (Å²) in [7, 11) is -41.8. The Morgan fingerprint density at radius 2 is 0.737 bits per heavy atom. The Morgan fingerprint density at radius 3 is 1.09 bits per heavy atom. The van der Waals surface area contributed by atoms with E-state index >= 15 is 0 Å². The van der Waals surface area contributed by atoms with E-state index in [-0.39, 0.29) is 80.7 Å². The van der Waals surface area contributed by atoms with Crippen LogP contribution in [0.3, 0.4) is 0 Å². The molecule has 14 rings (SSSR count). The number of rotatable bonds is 22. The van der Waals surface area contributed by atoms with Gasteiger partial charge in [-0.25, -0.2) is 28.9 Å². The number of amides is 2. The molecule has 5 aliphatic rings. The third kappa shape index (κ3) is 24.9. The maximum Gasteiger partial charge on any atom is 0.514 e. The van der Waals surface area contributed by atoms with Crippen molar-refractivity contribution in [1.82, 2.24) is 24.8 Å². The average Bonchev–Trinajstić information content (AvgIpc) is 1.20. The molecule has 5 saturated heterocycles. The minimum atomic E-state index is -5.26. The highest BCUT2D eigenvalue weighted by atomic mass is 31.3. The molecule has 47 nitrogen and oxygen atoms in total. The number of nitrogens with zero attached hydrogens (tertiary/aromatic N) is 5. The van der Waals surface area contributed by atoms with E-state index in [4.69, 9.17) is 74.1 Å². The van der Waals surface area contributed by atoms with Crippen LogP contribution in [0.25, 0.3) is 11.1 Å². The summed E-state index contributed by atoms with van der Waals surface area (Å²) in [6.07, 6.45) is -6.42. The Hall–Kier alpha value is -9.91. The van der Waals surface area contributed by atoms with Crippen LogP contribution in [0.1, 0.15) is 128 Å². The summed E-state index contributed by atoms with van der Waals surface area (Å²) < 4.78 is 191. The number of para-hydroxylation sites is 1. The lowest BCUT2D eigenvalue weighted by Crippen LogP contribution is -2.38. The first-order valence-corrected chi connectivity index (χ1v) is 53.1. The maximum atomic E-state index is 13.2. The van der Waals surface area contributed by atoms with Gasteiger partial charge in [-0.15, -0.1) is 0 Å². The second-order valence-corrected chi connectivity index (χ2v) is 48.6. The fourth-order valence-corrected chi connectivity index (χ4v) is 27.3. The lowest BCUT2D eigenvalue weighted by molar-refractivity contribution is -0.0611. The highest BCUT2D eigenvalue weighted by Gasteiger charge is 2.71. The molecule has 55 heteroatoms. The Kier molecular flexibility index (Phi) is 34.1. The molecule has 738 valence electrons. The van der Waals surface area contributed by atoms with Crippen molar-refractivity contribution in [3.63, 3.8) is 0 Å². The van der Waals surface area contributed by atoms with Gasteiger partial charge in [-0.05, 0) is 156 Å². The molecular weight excluding hydrogens is 1970 g/mol. The monoisotopic (exact) mass is 2070 g/mol. The zero-order valence-corrected chi connectivity index (χ0v) is 80.6. The summed E-state index contributed by atoms with van der Waals surface area (Å²) in [5.41, 5.74) is 3.11. The second-order valence-electron chi connectivity index (χ2n) is 31.3. The predicted octanol–water partition coefficient (Wildman–Crippen LogP) is 14.8. The zero-order chi connectivity index (χ0) is 100. The van der Waals surface area contributed by atoms with Gasteiger partial charge in [0.05, 0.1) is 47.1 Å². The van der Waals surface area contributed by atoms with Gasteiger partial charge >= 0.3 is 91.4 Å². The summed E-state index contributed by atoms with van der Waals surface area (Å²) in [6.45, 7) is 14.1. The highest BCUT2D eigenvalue weighted by molar-refractivity contribution is 7.75. The van der Waals surface area contributed by atoms with E-state index in [0.717, 1.165) is 0 Å². The molecule has 4 aromatic heterocycles. The van der Waals surface area contributed by atoms with Crippen molar-refractivity contribution in [1.29, 1.82) is 0 Å². The first-order valence-electron chi connectivity index (χ1n) is 40.5. The molecular formula is C82H93N5O42P8. The highest BCUT2D eigenvalue weighted by Crippen LogP contribution is 2.83. The second kappa shape index (κ2) is 43.5. The normalized spacial score (nSPS) is 29.4. The number of aromatic nitrogens is 4. The lowest BCUT2D eigenvalue weighted by atomic mass is 10.0. The van der Waals surface area contributed by atoms with Crippen molar-refractivity contribution in [2.45, 2.75) is 152 Å². The third-order valence-electron chi connectivity index (χ3n) is 19.8. The molecule has 8 atom stereocenters. The fraction of sp³-hybridized carbons (Fsp3) is 0.329. The number of aliphatic hydroxyl groups is 4. The Morgan fingerprint density at radius 1 is 0.394 bits per heavy atom. The molecule has 8 unspecified atom stereocenters. The van der Waals surface area contributed by atoms with E-state index in [1.165, 1.54) is 153 Å². The maximum absolute atomic E-state index is 13.2. The summed E-state index contributed by atoms with van der Waals surface area (Å²) in [5, 5.41) is 30.8. The molecule has 5 aromatic carbocycles. The Labute approximate surface area is 779 Å². The Balaban J connectivity index is 0.000000175. The smallest absolute Gasteiger partial charge is 0.457 e. The van der Waals surface area contributed by atoms with Gasteiger partial charge in [0.25, 0.3) is 20.3 Å². The summed E-state index contributed by atoms with van der Waals surface area (Å²) in [4.78, 5) is 160. The zero-order valence-electron chi connectivity index (χ0n) is 73.5. The van der Waals surface area contributed by atoms with Gasteiger partial charge in [0.1, 0.15) is 23.9 Å². The van der Waals surface area contributed by atoms with Gasteiger partial charge in [-0.1, -0.05) is 102 Å². The van der Waals surface area contributed by atoms with Gasteiger partial charge in [-0.3, -0.25) is 92.6 Å². The average molecular weight is 2070 g/mol. The molecule has 5 aliphatic heterocycles. The molecule has 2 amide bonds. The number of hydrogen-bond donors (Lipinski definition) is 12. The van der Waals surface area contributed by atoms with Gasteiger partial charge in [0.2, 0.25) is 32.0 Å². The van der Waals surface area contributed by atoms with Gasteiger partial charge in [-0.2, -0.15) is 0 Å². The van der Waals surface area contributed by atoms with Crippen LogP contribution in [0.15, 0.2) is 201 Å². The van der Waals surface area contributed by atoms with E-state index in [2.05, 4.69) is 24.7 Å². The van der Waals surface area contributed by atoms with Crippen molar-refractivity contribution in [3.05, 3.63) is 262 Å². The molecule has 9 heterocycles. The molecule has 0 saturated carbocycles. The van der Waals surface area contributed by atoms with Crippen molar-refractivity contribution >= 4 is 91.4 Å². The van der Waals surface area contributed by atoms with Crippen LogP contribution in [-0.4, -0.2) is 174 Å². The first kappa shape index (κ1) is 108. The third-order valence-corrected chi connectivity index (χ3v) is 38.2. The van der Waals surface area contributed by atoms with Crippen LogP contribution in [0.4, 0.5) is 24.0 Å². The number of pyridine rings is 4. The van der Waals surface area contributed by atoms with Crippen LogP contribution >= 0.6 is 60.8 Å². The van der Waals surface area contributed by atoms with E-state index in [9.17, 15) is 120 Å². The molecule has 0 bridgehead atoms. The lowest BCUT2D eigenvalue weighted by Gasteiger charge is -2.41. The fourth-order valence-electron chi connectivity index (χ4n) is 13.0. The number of benzene rings is 5. The molecule has 0 spiro atoms. The summed E-state index contributed by atoms with van der Waals surface area (Å²) in [6, 6.07) is 37.8. The topological polar surface area (TPSA) is 676 Å². The Bertz CT molecular complexity index is 6200. The van der Waals surface area contributed by atoms with Crippen molar-refractivity contribution < 1.29 is 199 Å². The first-order chi connectivity index (χ1) is 64.1. The van der Waals surface area contributed by atoms with E-state index in [1.54, 1.807) is 111 Å². The molecule has 9 aromatic rings. The van der Waals surface area contributed by atoms with Gasteiger partial charge < -0.3 is 102 Å². The minimum Gasteiger partial charge on any atom is -0.457 e. The number of hydrogen-bond acceptors (Lipinski definition) is 38. The SMILES string of the molecule is CC(C)OC(=O)Oc1c(-c2ccccc2)cccc1C1OP(=O)(O)C(O)(Cc2cccnc2)P(=O)(O)O1.Cc1ccc(C2OP(=O)(O)C(O)(Cc3cccnc3)P(=O)(O)O2)c(OCOC(=O)OC(C)C)c1.Cc1ccc(OC(=O)N2CCOC2=O)c(C2OP(=O)(O)C(O)(Cc3cccnc3)P(=O)(O)O2)c1.Cc1ccc(OC(=O)OC(C)C)c(C2OP(=O)(O)C(O)(Cc3cccnc3)P(=O)(O)O2)c1. The quantitative estimate of drug-likeness (QED) is 0.00985. The molecule has 0 radical (unpaired) electrons. The largest absolute Gasteiger partial charge is 0.514 e. The van der Waals surface area contributed by atoms with Gasteiger partial charge in [0.15, 0.2) is 5.75 Å². The number of imide groups is 1. The van der Waals surface area contributed by atoms with Crippen molar-refractivity contribution in [2.75, 3.05) is 19.9 Å². The van der Waals surface area contributed by atoms with Crippen LogP contribution in [0, 0.1) is 20.8 Å². The van der Waals surface area contributed by atoms with Crippen molar-refractivity contribution in [2.24, 2.45) is 0 Å².